The summed E-state index contributed by atoms with van der Waals surface area (Å²) in [5.41, 5.74) is 1.15. The molecule has 8 heteroatoms. The van der Waals surface area contributed by atoms with Gasteiger partial charge in [0.2, 0.25) is 20.9 Å². The number of hydrogen-bond donors (Lipinski definition) is 1. The molecule has 22 heavy (non-hydrogen) atoms. The minimum atomic E-state index is -3.53. The van der Waals surface area contributed by atoms with E-state index in [1.165, 1.54) is 4.57 Å². The lowest BCUT2D eigenvalue weighted by Gasteiger charge is -2.14. The van der Waals surface area contributed by atoms with Gasteiger partial charge in [-0.3, -0.25) is 4.79 Å². The Balaban J connectivity index is 2.35. The number of fused-ring (bicyclic) bond motifs is 1. The fraction of sp³-hybridized carbons (Fsp3) is 0.429. The monoisotopic (exact) mass is 325 g/mol. The number of hydrogen-bond acceptors (Lipinski definition) is 5. The van der Waals surface area contributed by atoms with Gasteiger partial charge in [0.1, 0.15) is 6.54 Å². The summed E-state index contributed by atoms with van der Waals surface area (Å²) >= 11 is 0. The van der Waals surface area contributed by atoms with E-state index >= 15 is 0 Å². The molecule has 7 nitrogen and oxygen atoms in total. The Morgan fingerprint density at radius 1 is 1.41 bits per heavy atom. The fourth-order valence-corrected chi connectivity index (χ4v) is 3.07. The highest BCUT2D eigenvalue weighted by Crippen LogP contribution is 2.19. The number of imidazole rings is 1. The van der Waals surface area contributed by atoms with Crippen molar-refractivity contribution in [1.82, 2.24) is 14.9 Å². The molecule has 1 N–H and O–H groups in total. The Hall–Kier alpha value is -1.93. The molecule has 0 fully saturated rings. The second kappa shape index (κ2) is 6.45. The average Bonchev–Trinajstić information content (AvgIpc) is 2.78. The third kappa shape index (κ3) is 3.63. The largest absolute Gasteiger partial charge is 0.383 e. The van der Waals surface area contributed by atoms with Crippen LogP contribution in [0.5, 0.6) is 0 Å². The number of ether oxygens (including phenoxy) is 1. The van der Waals surface area contributed by atoms with Crippen LogP contribution in [0.4, 0.5) is 0 Å². The van der Waals surface area contributed by atoms with Gasteiger partial charge >= 0.3 is 0 Å². The number of carbonyl (C=O) groups excluding carboxylic acids is 1. The molecule has 0 radical (unpaired) electrons. The normalized spacial score (nSPS) is 13.2. The Kier molecular flexibility index (Phi) is 4.82. The zero-order valence-electron chi connectivity index (χ0n) is 12.7. The number of amides is 1. The maximum absolute atomic E-state index is 12.1. The first-order valence-corrected chi connectivity index (χ1v) is 8.65. The topological polar surface area (TPSA) is 90.3 Å². The molecule has 0 bridgehead atoms. The molecule has 1 amide bonds. The molecule has 1 atom stereocenters. The van der Waals surface area contributed by atoms with Crippen LogP contribution in [0.3, 0.4) is 0 Å². The summed E-state index contributed by atoms with van der Waals surface area (Å²) in [7, 11) is -1.98. The van der Waals surface area contributed by atoms with Crippen molar-refractivity contribution in [3.05, 3.63) is 24.3 Å². The zero-order chi connectivity index (χ0) is 16.3. The predicted octanol–water partition coefficient (Wildman–Crippen LogP) is 0.591. The van der Waals surface area contributed by atoms with E-state index in [-0.39, 0.29) is 23.7 Å². The molecule has 1 heterocycles. The summed E-state index contributed by atoms with van der Waals surface area (Å²) in [6.45, 7) is 2.08. The third-order valence-electron chi connectivity index (χ3n) is 3.08. The van der Waals surface area contributed by atoms with Gasteiger partial charge in [-0.1, -0.05) is 12.1 Å². The Morgan fingerprint density at radius 3 is 2.73 bits per heavy atom. The van der Waals surface area contributed by atoms with Crippen LogP contribution in [0.25, 0.3) is 11.0 Å². The van der Waals surface area contributed by atoms with E-state index in [0.717, 1.165) is 6.26 Å². The number of rotatable bonds is 6. The second-order valence-corrected chi connectivity index (χ2v) is 7.07. The van der Waals surface area contributed by atoms with Crippen molar-refractivity contribution in [3.63, 3.8) is 0 Å². The molecular formula is C14H19N3O4S. The van der Waals surface area contributed by atoms with Crippen LogP contribution in [0, 0.1) is 0 Å². The first-order valence-electron chi connectivity index (χ1n) is 6.76. The van der Waals surface area contributed by atoms with E-state index in [2.05, 4.69) is 10.3 Å². The van der Waals surface area contributed by atoms with Crippen molar-refractivity contribution in [2.75, 3.05) is 20.0 Å². The van der Waals surface area contributed by atoms with Gasteiger partial charge in [-0.05, 0) is 19.1 Å². The van der Waals surface area contributed by atoms with Crippen LogP contribution >= 0.6 is 0 Å². The van der Waals surface area contributed by atoms with Crippen molar-refractivity contribution in [2.24, 2.45) is 0 Å². The number of para-hydroxylation sites is 2. The van der Waals surface area contributed by atoms with Crippen molar-refractivity contribution in [2.45, 2.75) is 24.7 Å². The average molecular weight is 325 g/mol. The van der Waals surface area contributed by atoms with Gasteiger partial charge in [0.05, 0.1) is 17.6 Å². The Bertz CT molecular complexity index is 782. The van der Waals surface area contributed by atoms with Crippen molar-refractivity contribution < 1.29 is 17.9 Å². The van der Waals surface area contributed by atoms with Gasteiger partial charge in [0.25, 0.3) is 0 Å². The number of sulfone groups is 1. The van der Waals surface area contributed by atoms with Gasteiger partial charge in [0, 0.05) is 19.4 Å². The lowest BCUT2D eigenvalue weighted by Crippen LogP contribution is -2.38. The number of aromatic nitrogens is 2. The van der Waals surface area contributed by atoms with Crippen LogP contribution in [0.15, 0.2) is 29.4 Å². The molecule has 0 aliphatic heterocycles. The van der Waals surface area contributed by atoms with Crippen molar-refractivity contribution >= 4 is 26.8 Å². The molecule has 1 aromatic heterocycles. The quantitative estimate of drug-likeness (QED) is 0.839. The maximum atomic E-state index is 12.1. The van der Waals surface area contributed by atoms with Crippen molar-refractivity contribution in [1.29, 1.82) is 0 Å². The van der Waals surface area contributed by atoms with Crippen LogP contribution in [-0.2, 0) is 25.9 Å². The maximum Gasteiger partial charge on any atom is 0.240 e. The molecule has 120 valence electrons. The smallest absolute Gasteiger partial charge is 0.240 e. The molecule has 2 rings (SSSR count). The van der Waals surface area contributed by atoms with Gasteiger partial charge in [-0.15, -0.1) is 0 Å². The van der Waals surface area contributed by atoms with Crippen LogP contribution in [-0.4, -0.2) is 49.9 Å². The Morgan fingerprint density at radius 2 is 2.09 bits per heavy atom. The highest BCUT2D eigenvalue weighted by molar-refractivity contribution is 7.90. The van der Waals surface area contributed by atoms with E-state index in [4.69, 9.17) is 4.74 Å². The lowest BCUT2D eigenvalue weighted by atomic mass is 10.3. The molecule has 2 aromatic rings. The number of benzene rings is 1. The highest BCUT2D eigenvalue weighted by Gasteiger charge is 2.21. The zero-order valence-corrected chi connectivity index (χ0v) is 13.6. The van der Waals surface area contributed by atoms with E-state index in [9.17, 15) is 13.2 Å². The first-order chi connectivity index (χ1) is 10.3. The second-order valence-electron chi connectivity index (χ2n) is 5.17. The van der Waals surface area contributed by atoms with E-state index in [1.54, 1.807) is 31.4 Å². The molecule has 0 unspecified atom stereocenters. The van der Waals surface area contributed by atoms with E-state index < -0.39 is 9.84 Å². The molecular weight excluding hydrogens is 306 g/mol. The lowest BCUT2D eigenvalue weighted by molar-refractivity contribution is -0.122. The van der Waals surface area contributed by atoms with E-state index in [1.807, 2.05) is 6.92 Å². The summed E-state index contributed by atoms with van der Waals surface area (Å²) in [6.07, 6.45) is 1.08. The molecule has 0 saturated carbocycles. The van der Waals surface area contributed by atoms with Crippen LogP contribution < -0.4 is 5.32 Å². The number of nitrogens with zero attached hydrogens (tertiary/aromatic N) is 2. The summed E-state index contributed by atoms with van der Waals surface area (Å²) in [4.78, 5) is 16.2. The summed E-state index contributed by atoms with van der Waals surface area (Å²) < 4.78 is 30.2. The molecule has 0 spiro atoms. The molecule has 0 saturated heterocycles. The summed E-state index contributed by atoms with van der Waals surface area (Å²) in [5, 5.41) is 2.65. The van der Waals surface area contributed by atoms with Crippen LogP contribution in [0.1, 0.15) is 6.92 Å². The predicted molar refractivity (Wildman–Crippen MR) is 82.3 cm³/mol. The Labute approximate surface area is 129 Å². The van der Waals surface area contributed by atoms with Gasteiger partial charge in [0.15, 0.2) is 0 Å². The standard InChI is InChI=1S/C14H19N3O4S/c1-10(9-21-2)15-13(18)8-17-12-7-5-4-6-11(12)16-14(17)22(3,19)20/h4-7,10H,8-9H2,1-3H3,(H,15,18)/t10-/m0/s1. The SMILES string of the molecule is COC[C@H](C)NC(=O)Cn1c(S(C)(=O)=O)nc2ccccc21. The minimum Gasteiger partial charge on any atom is -0.383 e. The van der Waals surface area contributed by atoms with Crippen LogP contribution in [0.2, 0.25) is 0 Å². The van der Waals surface area contributed by atoms with Crippen molar-refractivity contribution in [3.8, 4) is 0 Å². The third-order valence-corrected chi connectivity index (χ3v) is 4.05. The minimum absolute atomic E-state index is 0.108. The molecule has 0 aliphatic carbocycles. The number of nitrogens with one attached hydrogen (secondary N) is 1. The highest BCUT2D eigenvalue weighted by atomic mass is 32.2. The van der Waals surface area contributed by atoms with Gasteiger partial charge < -0.3 is 14.6 Å². The summed E-state index contributed by atoms with van der Waals surface area (Å²) in [6, 6.07) is 6.84. The van der Waals surface area contributed by atoms with Gasteiger partial charge in [-0.25, -0.2) is 13.4 Å². The molecule has 0 aliphatic rings. The van der Waals surface area contributed by atoms with Gasteiger partial charge in [-0.2, -0.15) is 0 Å². The van der Waals surface area contributed by atoms with E-state index in [0.29, 0.717) is 17.6 Å². The first kappa shape index (κ1) is 16.4. The number of carbonyl (C=O) groups is 1. The molecule has 1 aromatic carbocycles. The summed E-state index contributed by atoms with van der Waals surface area (Å²) in [5.74, 6) is -0.294. The number of methoxy groups -OCH3 is 1. The fourth-order valence-electron chi connectivity index (χ4n) is 2.25.